The van der Waals surface area contributed by atoms with E-state index in [1.54, 1.807) is 18.2 Å². The highest BCUT2D eigenvalue weighted by molar-refractivity contribution is 5.77. The molecule has 0 saturated carbocycles. The SMILES string of the molecule is CCCCOC(=O)C1C=CC=CO1. The molecule has 3 heteroatoms. The quantitative estimate of drug-likeness (QED) is 0.491. The fourth-order valence-corrected chi connectivity index (χ4v) is 0.919. The van der Waals surface area contributed by atoms with Gasteiger partial charge in [0.05, 0.1) is 12.9 Å². The number of carbonyl (C=O) groups is 1. The maximum absolute atomic E-state index is 11.2. The molecule has 1 aliphatic rings. The van der Waals surface area contributed by atoms with Gasteiger partial charge in [-0.05, 0) is 18.6 Å². The average molecular weight is 182 g/mol. The van der Waals surface area contributed by atoms with Gasteiger partial charge in [0.25, 0.3) is 0 Å². The summed E-state index contributed by atoms with van der Waals surface area (Å²) >= 11 is 0. The van der Waals surface area contributed by atoms with Crippen LogP contribution in [0.3, 0.4) is 0 Å². The third kappa shape index (κ3) is 3.32. The summed E-state index contributed by atoms with van der Waals surface area (Å²) in [6, 6.07) is 0. The Morgan fingerprint density at radius 2 is 2.38 bits per heavy atom. The van der Waals surface area contributed by atoms with Crippen LogP contribution in [0, 0.1) is 0 Å². The van der Waals surface area contributed by atoms with Crippen LogP contribution in [-0.2, 0) is 14.3 Å². The molecule has 0 fully saturated rings. The van der Waals surface area contributed by atoms with Crippen molar-refractivity contribution in [2.45, 2.75) is 25.9 Å². The second kappa shape index (κ2) is 5.41. The first-order chi connectivity index (χ1) is 6.34. The number of unbranched alkanes of at least 4 members (excludes halogenated alkanes) is 1. The summed E-state index contributed by atoms with van der Waals surface area (Å²) in [6.45, 7) is 2.53. The van der Waals surface area contributed by atoms with Crippen molar-refractivity contribution in [1.29, 1.82) is 0 Å². The van der Waals surface area contributed by atoms with Gasteiger partial charge < -0.3 is 9.47 Å². The number of allylic oxidation sites excluding steroid dienone is 2. The summed E-state index contributed by atoms with van der Waals surface area (Å²) in [5, 5.41) is 0. The second-order valence-corrected chi connectivity index (χ2v) is 2.79. The van der Waals surface area contributed by atoms with Gasteiger partial charge in [-0.1, -0.05) is 19.4 Å². The minimum Gasteiger partial charge on any atom is -0.482 e. The van der Waals surface area contributed by atoms with Gasteiger partial charge in [0.15, 0.2) is 0 Å². The number of hydrogen-bond acceptors (Lipinski definition) is 3. The van der Waals surface area contributed by atoms with Crippen molar-refractivity contribution in [3.05, 3.63) is 24.5 Å². The lowest BCUT2D eigenvalue weighted by Gasteiger charge is -2.13. The van der Waals surface area contributed by atoms with Crippen molar-refractivity contribution in [3.8, 4) is 0 Å². The fraction of sp³-hybridized carbons (Fsp3) is 0.500. The summed E-state index contributed by atoms with van der Waals surface area (Å²) < 4.78 is 10.0. The van der Waals surface area contributed by atoms with Gasteiger partial charge in [0.2, 0.25) is 6.10 Å². The van der Waals surface area contributed by atoms with E-state index >= 15 is 0 Å². The maximum atomic E-state index is 11.2. The van der Waals surface area contributed by atoms with Gasteiger partial charge in [0.1, 0.15) is 0 Å². The van der Waals surface area contributed by atoms with Gasteiger partial charge in [-0.3, -0.25) is 0 Å². The van der Waals surface area contributed by atoms with Crippen LogP contribution in [0.4, 0.5) is 0 Å². The molecular weight excluding hydrogens is 168 g/mol. The van der Waals surface area contributed by atoms with E-state index in [9.17, 15) is 4.79 Å². The zero-order chi connectivity index (χ0) is 9.52. The van der Waals surface area contributed by atoms with Crippen molar-refractivity contribution in [3.63, 3.8) is 0 Å². The molecule has 1 aliphatic heterocycles. The molecule has 13 heavy (non-hydrogen) atoms. The van der Waals surface area contributed by atoms with E-state index in [-0.39, 0.29) is 5.97 Å². The molecule has 3 nitrogen and oxygen atoms in total. The lowest BCUT2D eigenvalue weighted by Crippen LogP contribution is -2.24. The number of ether oxygens (including phenoxy) is 2. The summed E-state index contributed by atoms with van der Waals surface area (Å²) in [7, 11) is 0. The van der Waals surface area contributed by atoms with E-state index in [2.05, 4.69) is 0 Å². The van der Waals surface area contributed by atoms with Crippen molar-refractivity contribution in [1.82, 2.24) is 0 Å². The van der Waals surface area contributed by atoms with Crippen LogP contribution in [0.15, 0.2) is 24.5 Å². The molecule has 0 aromatic heterocycles. The smallest absolute Gasteiger partial charge is 0.351 e. The number of hydrogen-bond donors (Lipinski definition) is 0. The summed E-state index contributed by atoms with van der Waals surface area (Å²) in [4.78, 5) is 11.2. The third-order valence-corrected chi connectivity index (χ3v) is 1.68. The highest BCUT2D eigenvalue weighted by atomic mass is 16.6. The summed E-state index contributed by atoms with van der Waals surface area (Å²) in [5.74, 6) is -0.311. The van der Waals surface area contributed by atoms with E-state index in [0.29, 0.717) is 6.61 Å². The Bertz CT molecular complexity index is 218. The summed E-state index contributed by atoms with van der Waals surface area (Å²) in [6.07, 6.45) is 8.04. The largest absolute Gasteiger partial charge is 0.482 e. The Morgan fingerprint density at radius 3 is 3.00 bits per heavy atom. The van der Waals surface area contributed by atoms with Gasteiger partial charge >= 0.3 is 5.97 Å². The molecular formula is C10H14O3. The Morgan fingerprint density at radius 1 is 1.54 bits per heavy atom. The molecule has 0 aliphatic carbocycles. The van der Waals surface area contributed by atoms with Gasteiger partial charge in [-0.15, -0.1) is 0 Å². The van der Waals surface area contributed by atoms with Crippen molar-refractivity contribution in [2.24, 2.45) is 0 Å². The van der Waals surface area contributed by atoms with Crippen LogP contribution in [0.25, 0.3) is 0 Å². The topological polar surface area (TPSA) is 35.5 Å². The lowest BCUT2D eigenvalue weighted by atomic mass is 10.3. The van der Waals surface area contributed by atoms with Gasteiger partial charge in [-0.25, -0.2) is 4.79 Å². The molecule has 0 N–H and O–H groups in total. The highest BCUT2D eigenvalue weighted by Gasteiger charge is 2.17. The molecule has 0 spiro atoms. The van der Waals surface area contributed by atoms with E-state index in [1.165, 1.54) is 6.26 Å². The maximum Gasteiger partial charge on any atom is 0.351 e. The normalized spacial score (nSPS) is 19.6. The monoisotopic (exact) mass is 182 g/mol. The Balaban J connectivity index is 2.23. The first kappa shape index (κ1) is 9.84. The van der Waals surface area contributed by atoms with Gasteiger partial charge in [-0.2, -0.15) is 0 Å². The molecule has 0 aromatic rings. The van der Waals surface area contributed by atoms with Crippen molar-refractivity contribution in [2.75, 3.05) is 6.61 Å². The molecule has 0 radical (unpaired) electrons. The van der Waals surface area contributed by atoms with Crippen LogP contribution in [0.2, 0.25) is 0 Å². The van der Waals surface area contributed by atoms with Crippen molar-refractivity contribution < 1.29 is 14.3 Å². The van der Waals surface area contributed by atoms with Crippen LogP contribution in [0.1, 0.15) is 19.8 Å². The second-order valence-electron chi connectivity index (χ2n) is 2.79. The van der Waals surface area contributed by atoms with Gasteiger partial charge in [0, 0.05) is 0 Å². The predicted octanol–water partition coefficient (Wildman–Crippen LogP) is 1.80. The van der Waals surface area contributed by atoms with Crippen molar-refractivity contribution >= 4 is 5.97 Å². The predicted molar refractivity (Wildman–Crippen MR) is 49.0 cm³/mol. The fourth-order valence-electron chi connectivity index (χ4n) is 0.919. The van der Waals surface area contributed by atoms with Crippen LogP contribution in [-0.4, -0.2) is 18.7 Å². The standard InChI is InChI=1S/C10H14O3/c1-2-3-7-13-10(11)9-6-4-5-8-12-9/h4-6,8-9H,2-3,7H2,1H3. The van der Waals surface area contributed by atoms with E-state index in [4.69, 9.17) is 9.47 Å². The van der Waals surface area contributed by atoms with E-state index in [0.717, 1.165) is 12.8 Å². The Hall–Kier alpha value is -1.25. The number of carbonyl (C=O) groups excluding carboxylic acids is 1. The zero-order valence-electron chi connectivity index (χ0n) is 7.73. The van der Waals surface area contributed by atoms with E-state index in [1.807, 2.05) is 6.92 Å². The highest BCUT2D eigenvalue weighted by Crippen LogP contribution is 2.04. The third-order valence-electron chi connectivity index (χ3n) is 1.68. The first-order valence-electron chi connectivity index (χ1n) is 4.50. The first-order valence-corrected chi connectivity index (χ1v) is 4.50. The van der Waals surface area contributed by atoms with Crippen LogP contribution < -0.4 is 0 Å². The molecule has 1 heterocycles. The molecule has 0 amide bonds. The number of esters is 1. The Labute approximate surface area is 78.0 Å². The van der Waals surface area contributed by atoms with Crippen LogP contribution >= 0.6 is 0 Å². The van der Waals surface area contributed by atoms with E-state index < -0.39 is 6.10 Å². The molecule has 0 saturated heterocycles. The minimum atomic E-state index is -0.554. The molecule has 1 rings (SSSR count). The summed E-state index contributed by atoms with van der Waals surface area (Å²) in [5.41, 5.74) is 0. The molecule has 0 aromatic carbocycles. The molecule has 0 bridgehead atoms. The lowest BCUT2D eigenvalue weighted by molar-refractivity contribution is -0.151. The number of rotatable bonds is 4. The Kier molecular flexibility index (Phi) is 4.09. The molecule has 1 unspecified atom stereocenters. The zero-order valence-corrected chi connectivity index (χ0v) is 7.73. The molecule has 72 valence electrons. The molecule has 1 atom stereocenters. The minimum absolute atomic E-state index is 0.311. The van der Waals surface area contributed by atoms with Crippen LogP contribution in [0.5, 0.6) is 0 Å². The average Bonchev–Trinajstić information content (AvgIpc) is 2.19.